The molecule has 90 valence electrons. The molecule has 0 radical (unpaired) electrons. The maximum atomic E-state index is 6.06. The van der Waals surface area contributed by atoms with Crippen molar-refractivity contribution in [1.82, 2.24) is 5.32 Å². The van der Waals surface area contributed by atoms with Crippen molar-refractivity contribution in [2.75, 3.05) is 12.0 Å². The molecular formula is C12H25NOS. The van der Waals surface area contributed by atoms with E-state index < -0.39 is 0 Å². The summed E-state index contributed by atoms with van der Waals surface area (Å²) in [5.74, 6) is 1.16. The Labute approximate surface area is 98.5 Å². The van der Waals surface area contributed by atoms with Crippen molar-refractivity contribution in [2.24, 2.45) is 0 Å². The molecule has 0 saturated carbocycles. The quantitative estimate of drug-likeness (QED) is 0.804. The van der Waals surface area contributed by atoms with Crippen molar-refractivity contribution in [3.63, 3.8) is 0 Å². The van der Waals surface area contributed by atoms with Gasteiger partial charge in [0.15, 0.2) is 0 Å². The predicted octanol–water partition coefficient (Wildman–Crippen LogP) is 2.67. The zero-order chi connectivity index (χ0) is 11.7. The molecule has 2 unspecified atom stereocenters. The van der Waals surface area contributed by atoms with Gasteiger partial charge in [-0.3, -0.25) is 0 Å². The summed E-state index contributed by atoms with van der Waals surface area (Å²) in [5, 5.41) is 3.68. The third-order valence-corrected chi connectivity index (χ3v) is 3.81. The van der Waals surface area contributed by atoms with Crippen molar-refractivity contribution >= 4 is 11.8 Å². The summed E-state index contributed by atoms with van der Waals surface area (Å²) in [7, 11) is 0. The maximum Gasteiger partial charge on any atom is 0.0787 e. The lowest BCUT2D eigenvalue weighted by Gasteiger charge is -2.29. The van der Waals surface area contributed by atoms with Crippen LogP contribution in [0.5, 0.6) is 0 Å². The lowest BCUT2D eigenvalue weighted by molar-refractivity contribution is -0.0702. The van der Waals surface area contributed by atoms with Crippen LogP contribution in [0.4, 0.5) is 0 Å². The Morgan fingerprint density at radius 1 is 1.40 bits per heavy atom. The minimum Gasteiger partial charge on any atom is -0.368 e. The van der Waals surface area contributed by atoms with E-state index in [0.29, 0.717) is 12.1 Å². The highest BCUT2D eigenvalue weighted by Gasteiger charge is 2.45. The first-order valence-electron chi connectivity index (χ1n) is 5.72. The normalized spacial score (nSPS) is 30.4. The summed E-state index contributed by atoms with van der Waals surface area (Å²) >= 11 is 1.89. The number of thioether (sulfide) groups is 1. The molecule has 1 N–H and O–H groups in total. The van der Waals surface area contributed by atoms with Crippen LogP contribution in [0.1, 0.15) is 41.0 Å². The number of nitrogens with one attached hydrogen (secondary N) is 1. The molecule has 0 spiro atoms. The first-order chi connectivity index (χ1) is 6.77. The highest BCUT2D eigenvalue weighted by molar-refractivity contribution is 7.98. The van der Waals surface area contributed by atoms with E-state index in [1.165, 1.54) is 0 Å². The van der Waals surface area contributed by atoms with Gasteiger partial charge in [0.1, 0.15) is 0 Å². The van der Waals surface area contributed by atoms with E-state index >= 15 is 0 Å². The lowest BCUT2D eigenvalue weighted by Crippen LogP contribution is -2.47. The fourth-order valence-corrected chi connectivity index (χ4v) is 3.06. The van der Waals surface area contributed by atoms with Crippen molar-refractivity contribution in [2.45, 2.75) is 64.3 Å². The van der Waals surface area contributed by atoms with Crippen LogP contribution in [0.25, 0.3) is 0 Å². The van der Waals surface area contributed by atoms with Crippen molar-refractivity contribution in [3.05, 3.63) is 0 Å². The molecule has 0 bridgehead atoms. The summed E-state index contributed by atoms with van der Waals surface area (Å²) in [6, 6.07) is 1.02. The van der Waals surface area contributed by atoms with Crippen LogP contribution < -0.4 is 5.32 Å². The van der Waals surface area contributed by atoms with Crippen LogP contribution >= 0.6 is 11.8 Å². The van der Waals surface area contributed by atoms with Crippen LogP contribution in [-0.2, 0) is 4.74 Å². The number of ether oxygens (including phenoxy) is 1. The van der Waals surface area contributed by atoms with E-state index in [4.69, 9.17) is 4.74 Å². The Morgan fingerprint density at radius 3 is 2.40 bits per heavy atom. The molecule has 2 nitrogen and oxygen atoms in total. The van der Waals surface area contributed by atoms with Crippen molar-refractivity contribution in [3.8, 4) is 0 Å². The van der Waals surface area contributed by atoms with Crippen molar-refractivity contribution < 1.29 is 4.74 Å². The zero-order valence-corrected chi connectivity index (χ0v) is 11.7. The molecule has 0 aromatic heterocycles. The van der Waals surface area contributed by atoms with E-state index in [1.54, 1.807) is 0 Å². The van der Waals surface area contributed by atoms with Crippen LogP contribution in [0.2, 0.25) is 0 Å². The van der Waals surface area contributed by atoms with Crippen LogP contribution in [-0.4, -0.2) is 35.3 Å². The van der Waals surface area contributed by atoms with Crippen molar-refractivity contribution in [1.29, 1.82) is 0 Å². The molecule has 3 heteroatoms. The largest absolute Gasteiger partial charge is 0.368 e. The standard InChI is InChI=1S/C12H25NOS/c1-9(8-15-6)13-10-7-11(2,3)14-12(10,4)5/h9-10,13H,7-8H2,1-6H3. The first kappa shape index (κ1) is 13.3. The van der Waals surface area contributed by atoms with Gasteiger partial charge in [0.05, 0.1) is 11.2 Å². The Bertz CT molecular complexity index is 216. The third-order valence-electron chi connectivity index (χ3n) is 2.98. The van der Waals surface area contributed by atoms with E-state index in [0.717, 1.165) is 12.2 Å². The van der Waals surface area contributed by atoms with Gasteiger partial charge in [0, 0.05) is 17.8 Å². The minimum absolute atomic E-state index is 0.0141. The summed E-state index contributed by atoms with van der Waals surface area (Å²) in [5.41, 5.74) is -0.0313. The SMILES string of the molecule is CSCC(C)NC1CC(C)(C)OC1(C)C. The van der Waals surface area contributed by atoms with Crippen LogP contribution in [0.15, 0.2) is 0 Å². The fourth-order valence-electron chi connectivity index (χ4n) is 2.46. The van der Waals surface area contributed by atoms with E-state index in [2.05, 4.69) is 46.2 Å². The van der Waals surface area contributed by atoms with E-state index in [9.17, 15) is 0 Å². The molecule has 0 aromatic carbocycles. The topological polar surface area (TPSA) is 21.3 Å². The maximum absolute atomic E-state index is 6.06. The average molecular weight is 231 g/mol. The van der Waals surface area contributed by atoms with Crippen LogP contribution in [0, 0.1) is 0 Å². The molecule has 1 rings (SSSR count). The van der Waals surface area contributed by atoms with Gasteiger partial charge in [-0.2, -0.15) is 11.8 Å². The summed E-state index contributed by atoms with van der Waals surface area (Å²) in [6.07, 6.45) is 3.25. The molecule has 0 aromatic rings. The summed E-state index contributed by atoms with van der Waals surface area (Å²) in [4.78, 5) is 0. The second kappa shape index (κ2) is 4.64. The third kappa shape index (κ3) is 3.65. The molecule has 0 amide bonds. The molecule has 15 heavy (non-hydrogen) atoms. The van der Waals surface area contributed by atoms with E-state index in [1.807, 2.05) is 11.8 Å². The summed E-state index contributed by atoms with van der Waals surface area (Å²) < 4.78 is 6.06. The lowest BCUT2D eigenvalue weighted by atomic mass is 9.94. The second-order valence-corrected chi connectivity index (χ2v) is 6.66. The minimum atomic E-state index is -0.0455. The highest BCUT2D eigenvalue weighted by atomic mass is 32.2. The summed E-state index contributed by atoms with van der Waals surface area (Å²) in [6.45, 7) is 11.0. The Hall–Kier alpha value is 0.270. The van der Waals surface area contributed by atoms with Gasteiger partial charge >= 0.3 is 0 Å². The van der Waals surface area contributed by atoms with Crippen LogP contribution in [0.3, 0.4) is 0 Å². The smallest absolute Gasteiger partial charge is 0.0787 e. The average Bonchev–Trinajstić information content (AvgIpc) is 2.19. The molecule has 1 aliphatic heterocycles. The first-order valence-corrected chi connectivity index (χ1v) is 7.11. The zero-order valence-electron chi connectivity index (χ0n) is 10.9. The fraction of sp³-hybridized carbons (Fsp3) is 1.00. The van der Waals surface area contributed by atoms with Gasteiger partial charge in [-0.15, -0.1) is 0 Å². The van der Waals surface area contributed by atoms with E-state index in [-0.39, 0.29) is 11.2 Å². The van der Waals surface area contributed by atoms with Gasteiger partial charge in [0.25, 0.3) is 0 Å². The Morgan fingerprint density at radius 2 is 2.00 bits per heavy atom. The Kier molecular flexibility index (Phi) is 4.13. The predicted molar refractivity (Wildman–Crippen MR) is 68.6 cm³/mol. The molecule has 2 atom stereocenters. The number of hydrogen-bond acceptors (Lipinski definition) is 3. The van der Waals surface area contributed by atoms with Gasteiger partial charge in [-0.05, 0) is 47.3 Å². The molecule has 1 fully saturated rings. The highest BCUT2D eigenvalue weighted by Crippen LogP contribution is 2.37. The molecule has 1 heterocycles. The molecular weight excluding hydrogens is 206 g/mol. The monoisotopic (exact) mass is 231 g/mol. The number of rotatable bonds is 4. The van der Waals surface area contributed by atoms with Gasteiger partial charge in [-0.1, -0.05) is 0 Å². The molecule has 1 saturated heterocycles. The second-order valence-electron chi connectivity index (χ2n) is 5.74. The molecule has 0 aliphatic carbocycles. The van der Waals surface area contributed by atoms with Gasteiger partial charge < -0.3 is 10.1 Å². The Balaban J connectivity index is 2.55. The van der Waals surface area contributed by atoms with Gasteiger partial charge in [-0.25, -0.2) is 0 Å². The van der Waals surface area contributed by atoms with Gasteiger partial charge in [0.2, 0.25) is 0 Å². The molecule has 1 aliphatic rings. The number of hydrogen-bond donors (Lipinski definition) is 1.